The minimum absolute atomic E-state index is 0.142. The van der Waals surface area contributed by atoms with Crippen molar-refractivity contribution in [2.45, 2.75) is 26.4 Å². The van der Waals surface area contributed by atoms with Gasteiger partial charge in [0, 0.05) is 12.7 Å². The first kappa shape index (κ1) is 12.1. The van der Waals surface area contributed by atoms with Gasteiger partial charge < -0.3 is 10.8 Å². The Bertz CT molecular complexity index is 558. The quantitative estimate of drug-likeness (QED) is 0.784. The van der Waals surface area contributed by atoms with Gasteiger partial charge in [0.05, 0.1) is 5.69 Å². The van der Waals surface area contributed by atoms with E-state index in [1.165, 1.54) is 17.2 Å². The number of anilines is 1. The van der Waals surface area contributed by atoms with Gasteiger partial charge in [0.15, 0.2) is 5.69 Å². The number of hydrogen-bond donors (Lipinski definition) is 2. The fraction of sp³-hybridized carbons (Fsp3) is 0.400. The highest BCUT2D eigenvalue weighted by molar-refractivity contribution is 5.91. The number of hydrogen-bond acceptors (Lipinski definition) is 5. The summed E-state index contributed by atoms with van der Waals surface area (Å²) in [5.74, 6) is -0.419. The maximum atomic E-state index is 10.8. The van der Waals surface area contributed by atoms with Crippen LogP contribution in [0, 0.1) is 0 Å². The second kappa shape index (κ2) is 4.86. The molecule has 18 heavy (non-hydrogen) atoms. The van der Waals surface area contributed by atoms with Crippen LogP contribution in [-0.2, 0) is 13.1 Å². The Morgan fingerprint density at radius 1 is 1.56 bits per heavy atom. The molecule has 0 aromatic carbocycles. The lowest BCUT2D eigenvalue weighted by molar-refractivity contribution is 0.0690. The van der Waals surface area contributed by atoms with E-state index in [-0.39, 0.29) is 11.4 Å². The first-order chi connectivity index (χ1) is 8.61. The summed E-state index contributed by atoms with van der Waals surface area (Å²) in [5.41, 5.74) is 5.56. The molecule has 0 spiro atoms. The third-order valence-corrected chi connectivity index (χ3v) is 2.43. The molecule has 0 bridgehead atoms. The number of nitrogens with two attached hydrogens (primary N) is 1. The molecular formula is C10H14N6O2. The predicted octanol–water partition coefficient (Wildman–Crippen LogP) is 0.213. The summed E-state index contributed by atoms with van der Waals surface area (Å²) >= 11 is 0. The van der Waals surface area contributed by atoms with Gasteiger partial charge in [-0.3, -0.25) is 4.68 Å². The number of aryl methyl sites for hydroxylation is 1. The van der Waals surface area contributed by atoms with Gasteiger partial charge in [0.25, 0.3) is 0 Å². The van der Waals surface area contributed by atoms with E-state index in [9.17, 15) is 4.79 Å². The molecule has 8 heteroatoms. The Labute approximate surface area is 103 Å². The van der Waals surface area contributed by atoms with Crippen LogP contribution in [0.4, 0.5) is 5.69 Å². The summed E-state index contributed by atoms with van der Waals surface area (Å²) in [7, 11) is 0. The first-order valence-corrected chi connectivity index (χ1v) is 5.54. The van der Waals surface area contributed by atoms with Crippen LogP contribution in [0.1, 0.15) is 29.7 Å². The average Bonchev–Trinajstić information content (AvgIpc) is 2.87. The van der Waals surface area contributed by atoms with Crippen molar-refractivity contribution in [3.8, 4) is 0 Å². The van der Waals surface area contributed by atoms with Gasteiger partial charge in [-0.05, 0) is 6.42 Å². The standard InChI is InChI=1S/C10H14N6O2/c1-2-3-16-8(12-6-13-16)5-15-4-7(11)9(14-15)10(17)18/h4,6H,2-3,5,11H2,1H3,(H,17,18). The van der Waals surface area contributed by atoms with Crippen molar-refractivity contribution >= 4 is 11.7 Å². The molecule has 0 radical (unpaired) electrons. The van der Waals surface area contributed by atoms with Crippen molar-refractivity contribution in [2.24, 2.45) is 0 Å². The van der Waals surface area contributed by atoms with E-state index in [1.807, 2.05) is 6.92 Å². The molecule has 0 aliphatic rings. The number of nitrogens with zero attached hydrogens (tertiary/aromatic N) is 5. The van der Waals surface area contributed by atoms with Gasteiger partial charge in [-0.2, -0.15) is 10.2 Å². The number of carboxylic acid groups (broad SMARTS) is 1. The molecule has 0 saturated heterocycles. The summed E-state index contributed by atoms with van der Waals surface area (Å²) in [6.07, 6.45) is 3.89. The van der Waals surface area contributed by atoms with Crippen molar-refractivity contribution in [3.05, 3.63) is 24.0 Å². The molecule has 2 rings (SSSR count). The average molecular weight is 250 g/mol. The largest absolute Gasteiger partial charge is 0.476 e. The van der Waals surface area contributed by atoms with Gasteiger partial charge in [-0.15, -0.1) is 0 Å². The molecule has 2 aromatic heterocycles. The van der Waals surface area contributed by atoms with Crippen molar-refractivity contribution in [1.82, 2.24) is 24.5 Å². The molecule has 0 saturated carbocycles. The highest BCUT2D eigenvalue weighted by Gasteiger charge is 2.14. The fourth-order valence-corrected chi connectivity index (χ4v) is 1.64. The summed E-state index contributed by atoms with van der Waals surface area (Å²) < 4.78 is 3.22. The number of nitrogen functional groups attached to an aromatic ring is 1. The first-order valence-electron chi connectivity index (χ1n) is 5.54. The zero-order valence-electron chi connectivity index (χ0n) is 9.94. The van der Waals surface area contributed by atoms with Crippen molar-refractivity contribution < 1.29 is 9.90 Å². The molecular weight excluding hydrogens is 236 g/mol. The van der Waals surface area contributed by atoms with E-state index >= 15 is 0 Å². The molecule has 96 valence electrons. The number of carboxylic acids is 1. The maximum absolute atomic E-state index is 10.8. The molecule has 8 nitrogen and oxygen atoms in total. The predicted molar refractivity (Wildman–Crippen MR) is 63.0 cm³/mol. The number of aromatic carboxylic acids is 1. The van der Waals surface area contributed by atoms with Crippen molar-refractivity contribution in [2.75, 3.05) is 5.73 Å². The Kier molecular flexibility index (Phi) is 3.26. The smallest absolute Gasteiger partial charge is 0.358 e. The van der Waals surface area contributed by atoms with E-state index in [0.717, 1.165) is 18.8 Å². The van der Waals surface area contributed by atoms with Crippen LogP contribution >= 0.6 is 0 Å². The van der Waals surface area contributed by atoms with Crippen molar-refractivity contribution in [1.29, 1.82) is 0 Å². The Hall–Kier alpha value is -2.38. The molecule has 2 aromatic rings. The van der Waals surface area contributed by atoms with Gasteiger partial charge >= 0.3 is 5.97 Å². The second-order valence-corrected chi connectivity index (χ2v) is 3.84. The third-order valence-electron chi connectivity index (χ3n) is 2.43. The SMILES string of the molecule is CCCn1ncnc1Cn1cc(N)c(C(=O)O)n1. The van der Waals surface area contributed by atoms with Crippen LogP contribution in [0.2, 0.25) is 0 Å². The van der Waals surface area contributed by atoms with Crippen LogP contribution in [0.3, 0.4) is 0 Å². The molecule has 0 amide bonds. The zero-order valence-corrected chi connectivity index (χ0v) is 9.94. The maximum Gasteiger partial charge on any atom is 0.358 e. The van der Waals surface area contributed by atoms with Gasteiger partial charge in [0.2, 0.25) is 0 Å². The topological polar surface area (TPSA) is 112 Å². The molecule has 3 N–H and O–H groups in total. The molecule has 0 unspecified atom stereocenters. The summed E-state index contributed by atoms with van der Waals surface area (Å²) in [6, 6.07) is 0. The lowest BCUT2D eigenvalue weighted by Gasteiger charge is -2.03. The van der Waals surface area contributed by atoms with E-state index in [4.69, 9.17) is 10.8 Å². The number of carbonyl (C=O) groups is 1. The van der Waals surface area contributed by atoms with Gasteiger partial charge in [-0.1, -0.05) is 6.92 Å². The van der Waals surface area contributed by atoms with Crippen LogP contribution in [0.15, 0.2) is 12.5 Å². The number of aromatic nitrogens is 5. The minimum atomic E-state index is -1.14. The van der Waals surface area contributed by atoms with Crippen LogP contribution in [0.25, 0.3) is 0 Å². The summed E-state index contributed by atoms with van der Waals surface area (Å²) in [5, 5.41) is 16.8. The van der Waals surface area contributed by atoms with Crippen LogP contribution in [0.5, 0.6) is 0 Å². The summed E-state index contributed by atoms with van der Waals surface area (Å²) in [4.78, 5) is 14.9. The molecule has 0 fully saturated rings. The molecule has 2 heterocycles. The van der Waals surface area contributed by atoms with Crippen LogP contribution in [-0.4, -0.2) is 35.6 Å². The summed E-state index contributed by atoms with van der Waals surface area (Å²) in [6.45, 7) is 3.15. The highest BCUT2D eigenvalue weighted by Crippen LogP contribution is 2.10. The van der Waals surface area contributed by atoms with Crippen LogP contribution < -0.4 is 5.73 Å². The van der Waals surface area contributed by atoms with E-state index in [2.05, 4.69) is 15.2 Å². The Morgan fingerprint density at radius 2 is 2.33 bits per heavy atom. The van der Waals surface area contributed by atoms with Gasteiger partial charge in [-0.25, -0.2) is 14.5 Å². The minimum Gasteiger partial charge on any atom is -0.476 e. The lowest BCUT2D eigenvalue weighted by Crippen LogP contribution is -2.11. The van der Waals surface area contributed by atoms with Gasteiger partial charge in [0.1, 0.15) is 18.7 Å². The molecule has 0 atom stereocenters. The third kappa shape index (κ3) is 2.31. The molecule has 0 aliphatic heterocycles. The number of rotatable bonds is 5. The second-order valence-electron chi connectivity index (χ2n) is 3.84. The monoisotopic (exact) mass is 250 g/mol. The molecule has 0 aliphatic carbocycles. The fourth-order valence-electron chi connectivity index (χ4n) is 1.64. The highest BCUT2D eigenvalue weighted by atomic mass is 16.4. The normalized spacial score (nSPS) is 10.7. The van der Waals surface area contributed by atoms with E-state index in [0.29, 0.717) is 6.54 Å². The Balaban J connectivity index is 2.21. The van der Waals surface area contributed by atoms with E-state index < -0.39 is 5.97 Å². The van der Waals surface area contributed by atoms with E-state index in [1.54, 1.807) is 4.68 Å². The lowest BCUT2D eigenvalue weighted by atomic mass is 10.4. The Morgan fingerprint density at radius 3 is 2.94 bits per heavy atom. The zero-order chi connectivity index (χ0) is 13.1. The van der Waals surface area contributed by atoms with Crippen molar-refractivity contribution in [3.63, 3.8) is 0 Å².